The van der Waals surface area contributed by atoms with Crippen LogP contribution in [-0.2, 0) is 10.0 Å². The number of hydrogen-bond acceptors (Lipinski definition) is 3. The minimum Gasteiger partial charge on any atom is -0.478 e. The van der Waals surface area contributed by atoms with E-state index in [4.69, 9.17) is 5.11 Å². The maximum atomic E-state index is 12.2. The maximum absolute atomic E-state index is 12.2. The first-order valence-corrected chi connectivity index (χ1v) is 8.12. The van der Waals surface area contributed by atoms with Gasteiger partial charge in [0, 0.05) is 11.0 Å². The van der Waals surface area contributed by atoms with Gasteiger partial charge in [0.2, 0.25) is 10.0 Å². The molecule has 0 radical (unpaired) electrons. The van der Waals surface area contributed by atoms with E-state index in [1.54, 1.807) is 6.92 Å². The SMILES string of the molecule is Cc1cc(C(=O)O)cc(S(=O)(=O)NCC2CC2)c1Br. The van der Waals surface area contributed by atoms with Crippen LogP contribution in [-0.4, -0.2) is 26.0 Å². The number of benzene rings is 1. The van der Waals surface area contributed by atoms with Crippen molar-refractivity contribution in [1.82, 2.24) is 4.72 Å². The highest BCUT2D eigenvalue weighted by Gasteiger charge is 2.26. The van der Waals surface area contributed by atoms with Gasteiger partial charge in [-0.1, -0.05) is 0 Å². The fraction of sp³-hybridized carbons (Fsp3) is 0.417. The number of rotatable bonds is 5. The second-order valence-electron chi connectivity index (χ2n) is 4.71. The summed E-state index contributed by atoms with van der Waals surface area (Å²) in [5.41, 5.74) is 0.541. The Bertz CT molecular complexity index is 623. The molecule has 7 heteroatoms. The second-order valence-corrected chi connectivity index (χ2v) is 7.23. The van der Waals surface area contributed by atoms with Crippen LogP contribution in [0.15, 0.2) is 21.5 Å². The number of carboxylic acid groups (broad SMARTS) is 1. The zero-order valence-corrected chi connectivity index (χ0v) is 12.7. The number of aromatic carboxylic acids is 1. The molecule has 0 aliphatic heterocycles. The van der Waals surface area contributed by atoms with Crippen LogP contribution in [0.1, 0.15) is 28.8 Å². The van der Waals surface area contributed by atoms with E-state index in [1.165, 1.54) is 12.1 Å². The topological polar surface area (TPSA) is 83.5 Å². The van der Waals surface area contributed by atoms with Gasteiger partial charge < -0.3 is 5.11 Å². The van der Waals surface area contributed by atoms with E-state index in [9.17, 15) is 13.2 Å². The first kappa shape index (κ1) is 14.5. The molecule has 1 aromatic carbocycles. The van der Waals surface area contributed by atoms with Crippen molar-refractivity contribution in [2.24, 2.45) is 5.92 Å². The van der Waals surface area contributed by atoms with Gasteiger partial charge in [-0.15, -0.1) is 0 Å². The van der Waals surface area contributed by atoms with Gasteiger partial charge in [0.1, 0.15) is 0 Å². The van der Waals surface area contributed by atoms with Crippen molar-refractivity contribution in [3.8, 4) is 0 Å². The van der Waals surface area contributed by atoms with E-state index in [1.807, 2.05) is 0 Å². The molecule has 1 fully saturated rings. The summed E-state index contributed by atoms with van der Waals surface area (Å²) in [6.07, 6.45) is 2.08. The number of carboxylic acids is 1. The van der Waals surface area contributed by atoms with Crippen LogP contribution < -0.4 is 4.72 Å². The normalized spacial score (nSPS) is 15.5. The molecule has 0 aromatic heterocycles. The molecular formula is C12H14BrNO4S. The molecule has 1 aliphatic carbocycles. The number of nitrogens with one attached hydrogen (secondary N) is 1. The zero-order chi connectivity index (χ0) is 14.2. The summed E-state index contributed by atoms with van der Waals surface area (Å²) in [7, 11) is -3.68. The predicted octanol–water partition coefficient (Wildman–Crippen LogP) is 2.14. The molecule has 1 aliphatic rings. The molecule has 0 spiro atoms. The second kappa shape index (κ2) is 5.22. The fourth-order valence-corrected chi connectivity index (χ4v) is 3.84. The van der Waals surface area contributed by atoms with Gasteiger partial charge in [0.05, 0.1) is 10.5 Å². The van der Waals surface area contributed by atoms with Crippen LogP contribution >= 0.6 is 15.9 Å². The summed E-state index contributed by atoms with van der Waals surface area (Å²) in [6.45, 7) is 2.07. The van der Waals surface area contributed by atoms with Crippen molar-refractivity contribution in [3.63, 3.8) is 0 Å². The van der Waals surface area contributed by atoms with Gasteiger partial charge in [0.15, 0.2) is 0 Å². The molecule has 1 aromatic rings. The minimum absolute atomic E-state index is 0.0226. The Kier molecular flexibility index (Phi) is 3.98. The van der Waals surface area contributed by atoms with E-state index in [0.29, 0.717) is 22.5 Å². The van der Waals surface area contributed by atoms with Gasteiger partial charge in [0.25, 0.3) is 0 Å². The van der Waals surface area contributed by atoms with Crippen LogP contribution in [0.4, 0.5) is 0 Å². The molecule has 2 N–H and O–H groups in total. The first-order chi connectivity index (χ1) is 8.81. The van der Waals surface area contributed by atoms with E-state index in [0.717, 1.165) is 12.8 Å². The zero-order valence-electron chi connectivity index (χ0n) is 10.3. The van der Waals surface area contributed by atoms with Crippen molar-refractivity contribution in [1.29, 1.82) is 0 Å². The molecule has 19 heavy (non-hydrogen) atoms. The number of halogens is 1. The van der Waals surface area contributed by atoms with Crippen molar-refractivity contribution in [3.05, 3.63) is 27.7 Å². The lowest BCUT2D eigenvalue weighted by molar-refractivity contribution is 0.0696. The summed E-state index contributed by atoms with van der Waals surface area (Å²) in [6, 6.07) is 2.61. The highest BCUT2D eigenvalue weighted by molar-refractivity contribution is 9.10. The van der Waals surface area contributed by atoms with Crippen molar-refractivity contribution in [2.75, 3.05) is 6.54 Å². The lowest BCUT2D eigenvalue weighted by Gasteiger charge is -2.11. The highest BCUT2D eigenvalue weighted by atomic mass is 79.9. The van der Waals surface area contributed by atoms with Crippen LogP contribution in [0.25, 0.3) is 0 Å². The molecule has 5 nitrogen and oxygen atoms in total. The molecule has 2 rings (SSSR count). The van der Waals surface area contributed by atoms with Crippen LogP contribution in [0, 0.1) is 12.8 Å². The first-order valence-electron chi connectivity index (χ1n) is 5.84. The lowest BCUT2D eigenvalue weighted by Crippen LogP contribution is -2.26. The molecule has 104 valence electrons. The Morgan fingerprint density at radius 2 is 2.11 bits per heavy atom. The third-order valence-corrected chi connectivity index (χ3v) is 5.78. The smallest absolute Gasteiger partial charge is 0.335 e. The number of hydrogen-bond donors (Lipinski definition) is 2. The standard InChI is InChI=1S/C12H14BrNO4S/c1-7-4-9(12(15)16)5-10(11(7)13)19(17,18)14-6-8-2-3-8/h4-5,8,14H,2-3,6H2,1H3,(H,15,16). The van der Waals surface area contributed by atoms with E-state index in [-0.39, 0.29) is 10.5 Å². The molecule has 0 atom stereocenters. The summed E-state index contributed by atoms with van der Waals surface area (Å²) in [5.74, 6) is -0.730. The average molecular weight is 348 g/mol. The van der Waals surface area contributed by atoms with E-state index >= 15 is 0 Å². The summed E-state index contributed by atoms with van der Waals surface area (Å²) >= 11 is 3.21. The summed E-state index contributed by atoms with van der Waals surface area (Å²) in [4.78, 5) is 11.0. The highest BCUT2D eigenvalue weighted by Crippen LogP contribution is 2.30. The summed E-state index contributed by atoms with van der Waals surface area (Å²) in [5, 5.41) is 8.99. The van der Waals surface area contributed by atoms with Gasteiger partial charge in [-0.3, -0.25) is 0 Å². The van der Waals surface area contributed by atoms with E-state index in [2.05, 4.69) is 20.7 Å². The average Bonchev–Trinajstić information content (AvgIpc) is 3.13. The lowest BCUT2D eigenvalue weighted by atomic mass is 10.1. The van der Waals surface area contributed by atoms with Crippen LogP contribution in [0.5, 0.6) is 0 Å². The Morgan fingerprint density at radius 3 is 2.63 bits per heavy atom. The summed E-state index contributed by atoms with van der Waals surface area (Å²) < 4.78 is 27.3. The molecule has 0 saturated heterocycles. The Morgan fingerprint density at radius 1 is 1.47 bits per heavy atom. The van der Waals surface area contributed by atoms with Crippen LogP contribution in [0.2, 0.25) is 0 Å². The number of aryl methyl sites for hydroxylation is 1. The Balaban J connectivity index is 2.38. The van der Waals surface area contributed by atoms with Gasteiger partial charge in [-0.2, -0.15) is 0 Å². The molecule has 0 amide bonds. The largest absolute Gasteiger partial charge is 0.478 e. The quantitative estimate of drug-likeness (QED) is 0.854. The van der Waals surface area contributed by atoms with Crippen molar-refractivity contribution >= 4 is 31.9 Å². The minimum atomic E-state index is -3.68. The van der Waals surface area contributed by atoms with Crippen molar-refractivity contribution < 1.29 is 18.3 Å². The number of sulfonamides is 1. The monoisotopic (exact) mass is 347 g/mol. The maximum Gasteiger partial charge on any atom is 0.335 e. The third-order valence-electron chi connectivity index (χ3n) is 3.02. The predicted molar refractivity (Wildman–Crippen MR) is 73.8 cm³/mol. The Hall–Kier alpha value is -0.920. The number of carbonyl (C=O) groups is 1. The molecule has 0 heterocycles. The molecule has 0 unspecified atom stereocenters. The fourth-order valence-electron chi connectivity index (χ4n) is 1.68. The molecular weight excluding hydrogens is 334 g/mol. The van der Waals surface area contributed by atoms with Gasteiger partial charge in [-0.05, 0) is 59.3 Å². The Labute approximate surface area is 120 Å². The van der Waals surface area contributed by atoms with Gasteiger partial charge in [-0.25, -0.2) is 17.9 Å². The van der Waals surface area contributed by atoms with E-state index < -0.39 is 16.0 Å². The van der Waals surface area contributed by atoms with Gasteiger partial charge >= 0.3 is 5.97 Å². The molecule has 1 saturated carbocycles. The van der Waals surface area contributed by atoms with Crippen LogP contribution in [0.3, 0.4) is 0 Å². The molecule has 0 bridgehead atoms. The van der Waals surface area contributed by atoms with Crippen molar-refractivity contribution in [2.45, 2.75) is 24.7 Å². The third kappa shape index (κ3) is 3.34.